The molecule has 5 nitrogen and oxygen atoms in total. The van der Waals surface area contributed by atoms with Crippen molar-refractivity contribution < 1.29 is 9.90 Å². The van der Waals surface area contributed by atoms with Gasteiger partial charge in [0.15, 0.2) is 0 Å². The second-order valence-electron chi connectivity index (χ2n) is 4.54. The second-order valence-corrected chi connectivity index (χ2v) is 4.54. The number of rotatable bonds is 4. The zero-order valence-corrected chi connectivity index (χ0v) is 11.3. The summed E-state index contributed by atoms with van der Waals surface area (Å²) in [5, 5.41) is 11.6. The number of carbonyl (C=O) groups excluding carboxylic acids is 1. The summed E-state index contributed by atoms with van der Waals surface area (Å²) in [5.74, 6) is -0.287. The Bertz CT molecular complexity index is 609. The highest BCUT2D eigenvalue weighted by Crippen LogP contribution is 2.15. The lowest BCUT2D eigenvalue weighted by atomic mass is 10.1. The third-order valence-electron chi connectivity index (χ3n) is 2.93. The summed E-state index contributed by atoms with van der Waals surface area (Å²) in [7, 11) is 0. The Balaban J connectivity index is 2.11. The van der Waals surface area contributed by atoms with E-state index in [9.17, 15) is 4.79 Å². The van der Waals surface area contributed by atoms with E-state index in [1.54, 1.807) is 18.2 Å². The lowest BCUT2D eigenvalue weighted by molar-refractivity contribution is 0.102. The molecule has 0 radical (unpaired) electrons. The van der Waals surface area contributed by atoms with Gasteiger partial charge in [0.05, 0.1) is 5.56 Å². The first-order valence-corrected chi connectivity index (χ1v) is 6.33. The number of nitrogens with zero attached hydrogens (tertiary/aromatic N) is 1. The van der Waals surface area contributed by atoms with Gasteiger partial charge in [0.1, 0.15) is 0 Å². The van der Waals surface area contributed by atoms with Crippen LogP contribution in [0.2, 0.25) is 0 Å². The van der Waals surface area contributed by atoms with E-state index in [-0.39, 0.29) is 12.5 Å². The van der Waals surface area contributed by atoms with E-state index in [1.165, 1.54) is 6.20 Å². The van der Waals surface area contributed by atoms with Gasteiger partial charge < -0.3 is 16.2 Å². The zero-order chi connectivity index (χ0) is 14.5. The molecule has 5 heteroatoms. The minimum Gasteiger partial charge on any atom is -0.398 e. The van der Waals surface area contributed by atoms with Crippen LogP contribution in [0.4, 0.5) is 11.4 Å². The molecule has 1 aromatic heterocycles. The molecule has 1 aromatic carbocycles. The minimum atomic E-state index is -0.287. The fourth-order valence-corrected chi connectivity index (χ4v) is 1.85. The quantitative estimate of drug-likeness (QED) is 0.790. The first kappa shape index (κ1) is 14.0. The first-order chi connectivity index (χ1) is 9.60. The van der Waals surface area contributed by atoms with Gasteiger partial charge in [-0.25, -0.2) is 0 Å². The molecule has 0 aliphatic rings. The Kier molecular flexibility index (Phi) is 4.32. The summed E-state index contributed by atoms with van der Waals surface area (Å²) in [6.45, 7) is 1.93. The number of aliphatic hydroxyl groups is 1. The van der Waals surface area contributed by atoms with Crippen molar-refractivity contribution in [3.05, 3.63) is 53.3 Å². The van der Waals surface area contributed by atoms with Crippen LogP contribution in [0.3, 0.4) is 0 Å². The van der Waals surface area contributed by atoms with Crippen molar-refractivity contribution in [1.29, 1.82) is 0 Å². The van der Waals surface area contributed by atoms with E-state index in [0.717, 1.165) is 11.3 Å². The van der Waals surface area contributed by atoms with Crippen molar-refractivity contribution >= 4 is 17.3 Å². The number of nitrogen functional groups attached to an aromatic ring is 1. The van der Waals surface area contributed by atoms with Crippen molar-refractivity contribution in [2.45, 2.75) is 13.3 Å². The predicted molar refractivity (Wildman–Crippen MR) is 78.6 cm³/mol. The number of nitrogens with one attached hydrogen (secondary N) is 1. The lowest BCUT2D eigenvalue weighted by Crippen LogP contribution is -2.14. The van der Waals surface area contributed by atoms with E-state index in [0.29, 0.717) is 23.4 Å². The predicted octanol–water partition coefficient (Wildman–Crippen LogP) is 1.76. The summed E-state index contributed by atoms with van der Waals surface area (Å²) < 4.78 is 0. The molecule has 4 N–H and O–H groups in total. The highest BCUT2D eigenvalue weighted by Gasteiger charge is 2.10. The SMILES string of the molecule is Cc1cc(N)c(C(=O)Nc2ccc(CCO)cc2)cn1. The van der Waals surface area contributed by atoms with Crippen molar-refractivity contribution in [1.82, 2.24) is 4.98 Å². The van der Waals surface area contributed by atoms with Crippen LogP contribution in [-0.4, -0.2) is 22.6 Å². The Morgan fingerprint density at radius 1 is 1.35 bits per heavy atom. The van der Waals surface area contributed by atoms with Crippen LogP contribution in [0.1, 0.15) is 21.6 Å². The van der Waals surface area contributed by atoms with Gasteiger partial charge in [-0.3, -0.25) is 9.78 Å². The largest absolute Gasteiger partial charge is 0.398 e. The molecule has 0 unspecified atom stereocenters. The van der Waals surface area contributed by atoms with Crippen LogP contribution in [0.5, 0.6) is 0 Å². The molecular formula is C15H17N3O2. The average molecular weight is 271 g/mol. The van der Waals surface area contributed by atoms with E-state index in [2.05, 4.69) is 10.3 Å². The van der Waals surface area contributed by atoms with Gasteiger partial charge in [-0.1, -0.05) is 12.1 Å². The molecule has 2 aromatic rings. The monoisotopic (exact) mass is 271 g/mol. The lowest BCUT2D eigenvalue weighted by Gasteiger charge is -2.08. The van der Waals surface area contributed by atoms with Gasteiger partial charge in [-0.05, 0) is 37.1 Å². The Morgan fingerprint density at radius 2 is 2.05 bits per heavy atom. The average Bonchev–Trinajstić information content (AvgIpc) is 2.41. The van der Waals surface area contributed by atoms with Crippen LogP contribution in [0.25, 0.3) is 0 Å². The number of aliphatic hydroxyl groups excluding tert-OH is 1. The molecule has 0 aliphatic heterocycles. The Hall–Kier alpha value is -2.40. The molecule has 0 saturated heterocycles. The Labute approximate surface area is 117 Å². The van der Waals surface area contributed by atoms with Crippen LogP contribution in [0.15, 0.2) is 36.5 Å². The summed E-state index contributed by atoms with van der Waals surface area (Å²) in [5.41, 5.74) is 9.04. The van der Waals surface area contributed by atoms with Gasteiger partial charge >= 0.3 is 0 Å². The van der Waals surface area contributed by atoms with Gasteiger partial charge in [0.25, 0.3) is 5.91 Å². The second kappa shape index (κ2) is 6.16. The maximum Gasteiger partial charge on any atom is 0.259 e. The number of hydrogen-bond acceptors (Lipinski definition) is 4. The summed E-state index contributed by atoms with van der Waals surface area (Å²) >= 11 is 0. The molecule has 2 rings (SSSR count). The van der Waals surface area contributed by atoms with Gasteiger partial charge in [-0.2, -0.15) is 0 Å². The maximum atomic E-state index is 12.1. The number of pyridine rings is 1. The van der Waals surface area contributed by atoms with Crippen molar-refractivity contribution in [3.8, 4) is 0 Å². The third-order valence-corrected chi connectivity index (χ3v) is 2.93. The molecule has 0 fully saturated rings. The molecular weight excluding hydrogens is 254 g/mol. The van der Waals surface area contributed by atoms with Crippen LogP contribution in [0, 0.1) is 6.92 Å². The Morgan fingerprint density at radius 3 is 2.65 bits per heavy atom. The highest BCUT2D eigenvalue weighted by atomic mass is 16.2. The number of amides is 1. The van der Waals surface area contributed by atoms with Crippen molar-refractivity contribution in [3.63, 3.8) is 0 Å². The number of nitrogens with two attached hydrogens (primary N) is 1. The van der Waals surface area contributed by atoms with E-state index in [1.807, 2.05) is 19.1 Å². The van der Waals surface area contributed by atoms with Gasteiger partial charge in [0.2, 0.25) is 0 Å². The molecule has 20 heavy (non-hydrogen) atoms. The standard InChI is InChI=1S/C15H17N3O2/c1-10-8-14(16)13(9-17-10)15(20)18-12-4-2-11(3-5-12)6-7-19/h2-5,8-9,19H,6-7H2,1H3,(H2,16,17)(H,18,20). The van der Waals surface area contributed by atoms with E-state index in [4.69, 9.17) is 10.8 Å². The summed E-state index contributed by atoms with van der Waals surface area (Å²) in [6.07, 6.45) is 2.07. The van der Waals surface area contributed by atoms with Crippen LogP contribution < -0.4 is 11.1 Å². The number of aryl methyl sites for hydroxylation is 1. The van der Waals surface area contributed by atoms with Crippen LogP contribution in [-0.2, 0) is 6.42 Å². The molecule has 104 valence electrons. The number of hydrogen-bond donors (Lipinski definition) is 3. The van der Waals surface area contributed by atoms with Crippen molar-refractivity contribution in [2.24, 2.45) is 0 Å². The first-order valence-electron chi connectivity index (χ1n) is 6.33. The summed E-state index contributed by atoms with van der Waals surface area (Å²) in [6, 6.07) is 8.98. The smallest absolute Gasteiger partial charge is 0.259 e. The fraction of sp³-hybridized carbons (Fsp3) is 0.200. The van der Waals surface area contributed by atoms with Gasteiger partial charge in [-0.15, -0.1) is 0 Å². The fourth-order valence-electron chi connectivity index (χ4n) is 1.85. The summed E-state index contributed by atoms with van der Waals surface area (Å²) in [4.78, 5) is 16.2. The van der Waals surface area contributed by atoms with Crippen LogP contribution >= 0.6 is 0 Å². The molecule has 0 bridgehead atoms. The van der Waals surface area contributed by atoms with Gasteiger partial charge in [0, 0.05) is 29.9 Å². The van der Waals surface area contributed by atoms with Crippen molar-refractivity contribution in [2.75, 3.05) is 17.7 Å². The maximum absolute atomic E-state index is 12.1. The molecule has 1 amide bonds. The minimum absolute atomic E-state index is 0.108. The number of carbonyl (C=O) groups is 1. The molecule has 0 atom stereocenters. The van der Waals surface area contributed by atoms with E-state index >= 15 is 0 Å². The van der Waals surface area contributed by atoms with E-state index < -0.39 is 0 Å². The number of aromatic nitrogens is 1. The molecule has 1 heterocycles. The topological polar surface area (TPSA) is 88.2 Å². The zero-order valence-electron chi connectivity index (χ0n) is 11.3. The normalized spacial score (nSPS) is 10.3. The third kappa shape index (κ3) is 3.33. The molecule has 0 aliphatic carbocycles. The molecule has 0 saturated carbocycles. The molecule has 0 spiro atoms. The number of benzene rings is 1. The highest BCUT2D eigenvalue weighted by molar-refractivity contribution is 6.07. The number of anilines is 2.